The number of hydrogen-bond acceptors (Lipinski definition) is 5. The quantitative estimate of drug-likeness (QED) is 0.441. The number of carbonyl (C=O) groups excluding carboxylic acids is 2. The molecule has 5 heteroatoms. The minimum Gasteiger partial charge on any atom is -0.462 e. The highest BCUT2D eigenvalue weighted by Gasteiger charge is 2.04. The first-order chi connectivity index (χ1) is 8.18. The van der Waals surface area contributed by atoms with Crippen LogP contribution >= 0.6 is 11.8 Å². The molecule has 0 saturated carbocycles. The summed E-state index contributed by atoms with van der Waals surface area (Å²) in [5, 5.41) is 0. The summed E-state index contributed by atoms with van der Waals surface area (Å²) < 4.78 is 9.38. The molecule has 17 heavy (non-hydrogen) atoms. The van der Waals surface area contributed by atoms with Crippen LogP contribution in [0.5, 0.6) is 0 Å². The second-order valence-corrected chi connectivity index (χ2v) is 4.33. The van der Waals surface area contributed by atoms with E-state index in [0.717, 1.165) is 4.90 Å². The Balaban J connectivity index is 2.08. The molecule has 0 unspecified atom stereocenters. The van der Waals surface area contributed by atoms with Crippen LogP contribution in [0.2, 0.25) is 0 Å². The van der Waals surface area contributed by atoms with Gasteiger partial charge in [0.05, 0.1) is 0 Å². The molecule has 0 bridgehead atoms. The summed E-state index contributed by atoms with van der Waals surface area (Å²) in [6.45, 7) is 1.24. The fourth-order valence-electron chi connectivity index (χ4n) is 1.03. The Hall–Kier alpha value is -1.49. The van der Waals surface area contributed by atoms with Gasteiger partial charge >= 0.3 is 11.9 Å². The predicted molar refractivity (Wildman–Crippen MR) is 64.8 cm³/mol. The number of rotatable bonds is 6. The molecule has 92 valence electrons. The number of carbonyl (C=O) groups is 2. The first-order valence-corrected chi connectivity index (χ1v) is 6.14. The molecule has 0 fully saturated rings. The molecular formula is C12H14O4S. The van der Waals surface area contributed by atoms with Crippen molar-refractivity contribution in [1.82, 2.24) is 0 Å². The van der Waals surface area contributed by atoms with Gasteiger partial charge < -0.3 is 9.47 Å². The summed E-state index contributed by atoms with van der Waals surface area (Å²) in [5.41, 5.74) is 0. The Bertz CT molecular complexity index is 364. The Morgan fingerprint density at radius 2 is 1.88 bits per heavy atom. The van der Waals surface area contributed by atoms with Gasteiger partial charge in [0.25, 0.3) is 0 Å². The van der Waals surface area contributed by atoms with E-state index in [1.54, 1.807) is 11.8 Å². The lowest BCUT2D eigenvalue weighted by atomic mass is 10.4. The lowest BCUT2D eigenvalue weighted by molar-refractivity contribution is -0.157. The van der Waals surface area contributed by atoms with Crippen molar-refractivity contribution in [3.05, 3.63) is 30.3 Å². The second-order valence-electron chi connectivity index (χ2n) is 3.16. The van der Waals surface area contributed by atoms with Crippen molar-refractivity contribution in [2.45, 2.75) is 11.8 Å². The average molecular weight is 254 g/mol. The van der Waals surface area contributed by atoms with Gasteiger partial charge in [-0.15, -0.1) is 11.8 Å². The van der Waals surface area contributed by atoms with E-state index in [1.807, 2.05) is 30.3 Å². The predicted octanol–water partition coefficient (Wildman–Crippen LogP) is 1.89. The monoisotopic (exact) mass is 254 g/mol. The molecule has 0 heterocycles. The third-order valence-corrected chi connectivity index (χ3v) is 2.73. The highest BCUT2D eigenvalue weighted by molar-refractivity contribution is 7.99. The largest absolute Gasteiger partial charge is 0.462 e. The van der Waals surface area contributed by atoms with Crippen LogP contribution in [0.25, 0.3) is 0 Å². The zero-order valence-corrected chi connectivity index (χ0v) is 10.4. The topological polar surface area (TPSA) is 52.6 Å². The Morgan fingerprint density at radius 1 is 1.18 bits per heavy atom. The second kappa shape index (κ2) is 7.73. The van der Waals surface area contributed by atoms with Crippen LogP contribution < -0.4 is 0 Å². The molecule has 0 aliphatic carbocycles. The van der Waals surface area contributed by atoms with E-state index in [1.165, 1.54) is 6.92 Å². The number of thioether (sulfide) groups is 1. The van der Waals surface area contributed by atoms with Crippen LogP contribution in [-0.2, 0) is 19.1 Å². The van der Waals surface area contributed by atoms with Gasteiger partial charge in [-0.3, -0.25) is 4.79 Å². The maximum absolute atomic E-state index is 11.1. The molecule has 1 aromatic rings. The van der Waals surface area contributed by atoms with Gasteiger partial charge in [-0.2, -0.15) is 0 Å². The molecule has 0 aromatic heterocycles. The molecule has 0 aliphatic rings. The lowest BCUT2D eigenvalue weighted by Crippen LogP contribution is -2.16. The molecule has 0 spiro atoms. The number of esters is 2. The third kappa shape index (κ3) is 6.63. The normalized spacial score (nSPS) is 9.71. The molecule has 0 atom stereocenters. The minimum absolute atomic E-state index is 0.305. The van der Waals surface area contributed by atoms with Crippen molar-refractivity contribution in [3.63, 3.8) is 0 Å². The Morgan fingerprint density at radius 3 is 2.53 bits per heavy atom. The molecule has 0 radical (unpaired) electrons. The molecule has 0 saturated heterocycles. The van der Waals surface area contributed by atoms with E-state index in [-0.39, 0.29) is 6.61 Å². The third-order valence-electron chi connectivity index (χ3n) is 1.75. The SMILES string of the molecule is CC(=O)OCC(=O)OCCSc1ccccc1. The number of benzene rings is 1. The van der Waals surface area contributed by atoms with Crippen LogP contribution in [0.4, 0.5) is 0 Å². The van der Waals surface area contributed by atoms with E-state index < -0.39 is 11.9 Å². The molecule has 0 aliphatic heterocycles. The molecule has 1 aromatic carbocycles. The van der Waals surface area contributed by atoms with Gasteiger partial charge in [0.15, 0.2) is 6.61 Å². The smallest absolute Gasteiger partial charge is 0.344 e. The van der Waals surface area contributed by atoms with Crippen LogP contribution in [0.3, 0.4) is 0 Å². The minimum atomic E-state index is -0.520. The van der Waals surface area contributed by atoms with Crippen LogP contribution in [-0.4, -0.2) is 30.9 Å². The molecule has 0 N–H and O–H groups in total. The summed E-state index contributed by atoms with van der Waals surface area (Å²) in [6, 6.07) is 9.84. The summed E-state index contributed by atoms with van der Waals surface area (Å²) in [7, 11) is 0. The zero-order chi connectivity index (χ0) is 12.5. The van der Waals surface area contributed by atoms with Gasteiger partial charge in [0.2, 0.25) is 0 Å². The van der Waals surface area contributed by atoms with E-state index in [9.17, 15) is 9.59 Å². The van der Waals surface area contributed by atoms with Crippen molar-refractivity contribution in [1.29, 1.82) is 0 Å². The Kier molecular flexibility index (Phi) is 6.17. The van der Waals surface area contributed by atoms with Crippen molar-refractivity contribution >= 4 is 23.7 Å². The summed E-state index contributed by atoms with van der Waals surface area (Å²) >= 11 is 1.60. The van der Waals surface area contributed by atoms with Crippen molar-refractivity contribution < 1.29 is 19.1 Å². The fourth-order valence-corrected chi connectivity index (χ4v) is 1.79. The first-order valence-electron chi connectivity index (χ1n) is 5.15. The molecule has 1 rings (SSSR count). The highest BCUT2D eigenvalue weighted by Crippen LogP contribution is 2.16. The van der Waals surface area contributed by atoms with E-state index >= 15 is 0 Å². The average Bonchev–Trinajstić information content (AvgIpc) is 2.33. The van der Waals surface area contributed by atoms with Crippen LogP contribution in [0.15, 0.2) is 35.2 Å². The first kappa shape index (κ1) is 13.6. The summed E-state index contributed by atoms with van der Waals surface area (Å²) in [5.74, 6) is -0.329. The molecule has 0 amide bonds. The van der Waals surface area contributed by atoms with Gasteiger partial charge in [0, 0.05) is 17.6 Å². The molecule has 4 nitrogen and oxygen atoms in total. The van der Waals surface area contributed by atoms with Gasteiger partial charge in [-0.05, 0) is 12.1 Å². The summed E-state index contributed by atoms with van der Waals surface area (Å²) in [4.78, 5) is 22.6. The zero-order valence-electron chi connectivity index (χ0n) is 9.55. The Labute approximate surface area is 104 Å². The van der Waals surface area contributed by atoms with Crippen molar-refractivity contribution in [2.24, 2.45) is 0 Å². The maximum atomic E-state index is 11.1. The number of ether oxygens (including phenoxy) is 2. The van der Waals surface area contributed by atoms with Gasteiger partial charge in [-0.1, -0.05) is 18.2 Å². The fraction of sp³-hybridized carbons (Fsp3) is 0.333. The van der Waals surface area contributed by atoms with Crippen molar-refractivity contribution in [3.8, 4) is 0 Å². The van der Waals surface area contributed by atoms with Gasteiger partial charge in [0.1, 0.15) is 6.61 Å². The van der Waals surface area contributed by atoms with Crippen molar-refractivity contribution in [2.75, 3.05) is 19.0 Å². The summed E-state index contributed by atoms with van der Waals surface area (Å²) in [6.07, 6.45) is 0. The van der Waals surface area contributed by atoms with Crippen LogP contribution in [0.1, 0.15) is 6.92 Å². The maximum Gasteiger partial charge on any atom is 0.344 e. The molecular weight excluding hydrogens is 240 g/mol. The van der Waals surface area contributed by atoms with E-state index in [2.05, 4.69) is 4.74 Å². The van der Waals surface area contributed by atoms with E-state index in [0.29, 0.717) is 12.4 Å². The van der Waals surface area contributed by atoms with Crippen LogP contribution in [0, 0.1) is 0 Å². The van der Waals surface area contributed by atoms with Gasteiger partial charge in [-0.25, -0.2) is 4.79 Å². The highest BCUT2D eigenvalue weighted by atomic mass is 32.2. The van der Waals surface area contributed by atoms with E-state index in [4.69, 9.17) is 4.74 Å². The lowest BCUT2D eigenvalue weighted by Gasteiger charge is -2.04. The number of hydrogen-bond donors (Lipinski definition) is 0. The standard InChI is InChI=1S/C12H14O4S/c1-10(13)16-9-12(14)15-7-8-17-11-5-3-2-4-6-11/h2-6H,7-9H2,1H3.